The van der Waals surface area contributed by atoms with Crippen LogP contribution in [0.25, 0.3) is 0 Å². The Labute approximate surface area is 181 Å². The van der Waals surface area contributed by atoms with Crippen LogP contribution in [0.1, 0.15) is 24.0 Å². The second-order valence-electron chi connectivity index (χ2n) is 7.03. The van der Waals surface area contributed by atoms with Crippen molar-refractivity contribution < 1.29 is 9.47 Å². The number of aryl methyl sites for hydroxylation is 1. The molecule has 0 spiro atoms. The van der Waals surface area contributed by atoms with E-state index in [2.05, 4.69) is 52.7 Å². The zero-order chi connectivity index (χ0) is 18.8. The molecular weight excluding hydrogens is 455 g/mol. The van der Waals surface area contributed by atoms with Gasteiger partial charge < -0.3 is 25.0 Å². The molecule has 27 heavy (non-hydrogen) atoms. The third kappa shape index (κ3) is 8.66. The number of guanidine groups is 1. The van der Waals surface area contributed by atoms with E-state index in [1.54, 1.807) is 7.11 Å². The Bertz CT molecular complexity index is 583. The molecule has 0 aromatic heterocycles. The van der Waals surface area contributed by atoms with Gasteiger partial charge in [0.15, 0.2) is 5.96 Å². The highest BCUT2D eigenvalue weighted by Gasteiger charge is 2.19. The van der Waals surface area contributed by atoms with E-state index in [1.807, 2.05) is 7.05 Å². The molecule has 0 amide bonds. The third-order valence-corrected chi connectivity index (χ3v) is 4.69. The molecule has 1 unspecified atom stereocenters. The summed E-state index contributed by atoms with van der Waals surface area (Å²) in [4.78, 5) is 6.72. The lowest BCUT2D eigenvalue weighted by atomic mass is 10.1. The molecule has 1 aliphatic heterocycles. The van der Waals surface area contributed by atoms with Crippen LogP contribution in [0.15, 0.2) is 23.2 Å². The quantitative estimate of drug-likeness (QED) is 0.241. The summed E-state index contributed by atoms with van der Waals surface area (Å²) in [6.45, 7) is 7.44. The van der Waals surface area contributed by atoms with Crippen LogP contribution >= 0.6 is 24.0 Å². The standard InChI is InChI=1S/C20H34N4O2.HI/c1-16-6-7-18(19(12-16)26-11-5-10-25-4)14-23-20(21-2)22-13-17-8-9-24(3)15-17;/h6-7,12,17H,5,8-11,13-15H2,1-4H3,(H2,21,22,23);1H. The summed E-state index contributed by atoms with van der Waals surface area (Å²) < 4.78 is 11.0. The van der Waals surface area contributed by atoms with Crippen LogP contribution in [0.4, 0.5) is 0 Å². The van der Waals surface area contributed by atoms with Gasteiger partial charge >= 0.3 is 0 Å². The maximum Gasteiger partial charge on any atom is 0.191 e. The van der Waals surface area contributed by atoms with Crippen molar-refractivity contribution in [1.82, 2.24) is 15.5 Å². The number of halogens is 1. The van der Waals surface area contributed by atoms with Gasteiger partial charge in [-0.25, -0.2) is 0 Å². The van der Waals surface area contributed by atoms with Gasteiger partial charge in [0, 0.05) is 52.4 Å². The largest absolute Gasteiger partial charge is 0.493 e. The van der Waals surface area contributed by atoms with Crippen molar-refractivity contribution in [1.29, 1.82) is 0 Å². The van der Waals surface area contributed by atoms with Crippen molar-refractivity contribution in [2.45, 2.75) is 26.3 Å². The molecule has 1 heterocycles. The molecular formula is C20H35IN4O2. The first kappa shape index (κ1) is 24.0. The van der Waals surface area contributed by atoms with E-state index in [-0.39, 0.29) is 24.0 Å². The van der Waals surface area contributed by atoms with Crippen molar-refractivity contribution in [3.8, 4) is 5.75 Å². The molecule has 1 fully saturated rings. The highest BCUT2D eigenvalue weighted by molar-refractivity contribution is 14.0. The number of ether oxygens (including phenoxy) is 2. The molecule has 2 rings (SSSR count). The fourth-order valence-electron chi connectivity index (χ4n) is 3.16. The Kier molecular flexibility index (Phi) is 11.7. The van der Waals surface area contributed by atoms with E-state index in [4.69, 9.17) is 9.47 Å². The number of likely N-dealkylation sites (tertiary alicyclic amines) is 1. The highest BCUT2D eigenvalue weighted by atomic mass is 127. The van der Waals surface area contributed by atoms with Crippen molar-refractivity contribution >= 4 is 29.9 Å². The van der Waals surface area contributed by atoms with E-state index in [9.17, 15) is 0 Å². The maximum atomic E-state index is 5.95. The highest BCUT2D eigenvalue weighted by Crippen LogP contribution is 2.20. The fraction of sp³-hybridized carbons (Fsp3) is 0.650. The second-order valence-corrected chi connectivity index (χ2v) is 7.03. The van der Waals surface area contributed by atoms with E-state index >= 15 is 0 Å². The lowest BCUT2D eigenvalue weighted by Gasteiger charge is -2.17. The molecule has 1 aromatic carbocycles. The summed E-state index contributed by atoms with van der Waals surface area (Å²) in [7, 11) is 5.70. The Balaban J connectivity index is 0.00000364. The number of nitrogens with one attached hydrogen (secondary N) is 2. The number of hydrogen-bond acceptors (Lipinski definition) is 4. The molecule has 0 aliphatic carbocycles. The molecule has 0 radical (unpaired) electrons. The maximum absolute atomic E-state index is 5.95. The average molecular weight is 490 g/mol. The van der Waals surface area contributed by atoms with Gasteiger partial charge in [0.25, 0.3) is 0 Å². The molecule has 0 bridgehead atoms. The lowest BCUT2D eigenvalue weighted by Crippen LogP contribution is -2.39. The summed E-state index contributed by atoms with van der Waals surface area (Å²) in [5, 5.41) is 6.85. The van der Waals surface area contributed by atoms with E-state index in [1.165, 1.54) is 18.5 Å². The molecule has 1 aromatic rings. The normalized spacial score (nSPS) is 17.5. The summed E-state index contributed by atoms with van der Waals surface area (Å²) in [6, 6.07) is 6.32. The zero-order valence-corrected chi connectivity index (χ0v) is 19.4. The summed E-state index contributed by atoms with van der Waals surface area (Å²) in [6.07, 6.45) is 2.13. The third-order valence-electron chi connectivity index (χ3n) is 4.69. The monoisotopic (exact) mass is 490 g/mol. The molecule has 1 saturated heterocycles. The zero-order valence-electron chi connectivity index (χ0n) is 17.1. The fourth-order valence-corrected chi connectivity index (χ4v) is 3.16. The number of methoxy groups -OCH3 is 1. The first-order chi connectivity index (χ1) is 12.6. The molecule has 0 saturated carbocycles. The first-order valence-electron chi connectivity index (χ1n) is 9.46. The van der Waals surface area contributed by atoms with Crippen molar-refractivity contribution in [2.24, 2.45) is 10.9 Å². The number of benzene rings is 1. The van der Waals surface area contributed by atoms with Crippen LogP contribution in [0, 0.1) is 12.8 Å². The number of nitrogens with zero attached hydrogens (tertiary/aromatic N) is 2. The minimum atomic E-state index is 0. The van der Waals surface area contributed by atoms with Crippen LogP contribution < -0.4 is 15.4 Å². The predicted octanol–water partition coefficient (Wildman–Crippen LogP) is 2.65. The lowest BCUT2D eigenvalue weighted by molar-refractivity contribution is 0.171. The molecule has 1 atom stereocenters. The van der Waals surface area contributed by atoms with Crippen LogP contribution in [0.3, 0.4) is 0 Å². The molecule has 2 N–H and O–H groups in total. The van der Waals surface area contributed by atoms with Crippen molar-refractivity contribution in [3.05, 3.63) is 29.3 Å². The first-order valence-corrected chi connectivity index (χ1v) is 9.46. The summed E-state index contributed by atoms with van der Waals surface area (Å²) >= 11 is 0. The Morgan fingerprint density at radius 3 is 2.78 bits per heavy atom. The molecule has 6 nitrogen and oxygen atoms in total. The SMILES string of the molecule is CN=C(NCc1ccc(C)cc1OCCCOC)NCC1CCN(C)C1.I. The molecule has 154 valence electrons. The molecule has 1 aliphatic rings. The summed E-state index contributed by atoms with van der Waals surface area (Å²) in [5.41, 5.74) is 2.33. The topological polar surface area (TPSA) is 58.1 Å². The predicted molar refractivity (Wildman–Crippen MR) is 122 cm³/mol. The van der Waals surface area contributed by atoms with E-state index in [0.29, 0.717) is 25.7 Å². The Morgan fingerprint density at radius 2 is 2.11 bits per heavy atom. The Morgan fingerprint density at radius 1 is 1.30 bits per heavy atom. The number of rotatable bonds is 9. The number of aliphatic imine (C=N–C) groups is 1. The number of hydrogen-bond donors (Lipinski definition) is 2. The second kappa shape index (κ2) is 13.2. The van der Waals surface area contributed by atoms with Gasteiger partial charge in [-0.3, -0.25) is 4.99 Å². The van der Waals surface area contributed by atoms with E-state index in [0.717, 1.165) is 36.8 Å². The van der Waals surface area contributed by atoms with Crippen molar-refractivity contribution in [3.63, 3.8) is 0 Å². The summed E-state index contributed by atoms with van der Waals surface area (Å²) in [5.74, 6) is 2.46. The van der Waals surface area contributed by atoms with Crippen LogP contribution in [-0.4, -0.2) is 64.9 Å². The average Bonchev–Trinajstić information content (AvgIpc) is 3.05. The smallest absolute Gasteiger partial charge is 0.191 e. The van der Waals surface area contributed by atoms with Gasteiger partial charge in [-0.2, -0.15) is 0 Å². The van der Waals surface area contributed by atoms with Gasteiger partial charge in [-0.15, -0.1) is 24.0 Å². The van der Waals surface area contributed by atoms with Crippen LogP contribution in [0.2, 0.25) is 0 Å². The van der Waals surface area contributed by atoms with Gasteiger partial charge in [0.2, 0.25) is 0 Å². The van der Waals surface area contributed by atoms with Gasteiger partial charge in [0.05, 0.1) is 6.61 Å². The molecule has 7 heteroatoms. The minimum absolute atomic E-state index is 0. The minimum Gasteiger partial charge on any atom is -0.493 e. The van der Waals surface area contributed by atoms with Crippen molar-refractivity contribution in [2.75, 3.05) is 54.1 Å². The van der Waals surface area contributed by atoms with Gasteiger partial charge in [0.1, 0.15) is 5.75 Å². The van der Waals surface area contributed by atoms with Crippen LogP contribution in [-0.2, 0) is 11.3 Å². The van der Waals surface area contributed by atoms with E-state index < -0.39 is 0 Å². The van der Waals surface area contributed by atoms with Gasteiger partial charge in [-0.05, 0) is 44.5 Å². The van der Waals surface area contributed by atoms with Gasteiger partial charge in [-0.1, -0.05) is 12.1 Å². The Hall–Kier alpha value is -1.06. The van der Waals surface area contributed by atoms with Crippen LogP contribution in [0.5, 0.6) is 5.75 Å².